The predicted molar refractivity (Wildman–Crippen MR) is 114 cm³/mol. The first-order chi connectivity index (χ1) is 14.9. The SMILES string of the molecule is O=C1NC2=C(CCCC/C2=C\c2cccc([N+](=O)[O-])c2)C(c2cccc([N+](=O)[O-])c2)N1. The highest BCUT2D eigenvalue weighted by atomic mass is 16.6. The summed E-state index contributed by atoms with van der Waals surface area (Å²) in [6.07, 6.45) is 5.09. The lowest BCUT2D eigenvalue weighted by molar-refractivity contribution is -0.385. The quantitative estimate of drug-likeness (QED) is 0.544. The summed E-state index contributed by atoms with van der Waals surface area (Å²) in [4.78, 5) is 33.9. The monoisotopic (exact) mass is 420 g/mol. The molecule has 1 atom stereocenters. The molecule has 2 aliphatic rings. The number of hydrogen-bond donors (Lipinski definition) is 2. The fraction of sp³-hybridized carbons (Fsp3) is 0.227. The van der Waals surface area contributed by atoms with E-state index in [2.05, 4.69) is 10.6 Å². The van der Waals surface area contributed by atoms with E-state index in [0.29, 0.717) is 23.2 Å². The molecule has 0 fully saturated rings. The van der Waals surface area contributed by atoms with Gasteiger partial charge in [0.25, 0.3) is 11.4 Å². The second-order valence-corrected chi connectivity index (χ2v) is 7.51. The number of allylic oxidation sites excluding steroid dienone is 1. The van der Waals surface area contributed by atoms with Gasteiger partial charge in [0, 0.05) is 30.0 Å². The Balaban J connectivity index is 1.79. The molecule has 0 saturated heterocycles. The molecule has 2 amide bonds. The topological polar surface area (TPSA) is 127 Å². The molecule has 1 heterocycles. The van der Waals surface area contributed by atoms with E-state index in [1.54, 1.807) is 24.3 Å². The van der Waals surface area contributed by atoms with Crippen molar-refractivity contribution in [3.8, 4) is 0 Å². The maximum absolute atomic E-state index is 12.5. The van der Waals surface area contributed by atoms with Gasteiger partial charge in [0.15, 0.2) is 0 Å². The Morgan fingerprint density at radius 3 is 2.35 bits per heavy atom. The summed E-state index contributed by atoms with van der Waals surface area (Å²) in [5.74, 6) is 0. The molecule has 9 heteroatoms. The second-order valence-electron chi connectivity index (χ2n) is 7.51. The molecule has 1 aliphatic carbocycles. The zero-order valence-corrected chi connectivity index (χ0v) is 16.5. The van der Waals surface area contributed by atoms with Gasteiger partial charge in [-0.1, -0.05) is 24.3 Å². The highest BCUT2D eigenvalue weighted by molar-refractivity contribution is 5.81. The standard InChI is InChI=1S/C22H20N4O5/c27-22-23-20-15(11-14-5-3-8-17(12-14)25(28)29)6-1-2-10-19(20)21(24-22)16-7-4-9-18(13-16)26(30)31/h3-5,7-9,11-13,21H,1-2,6,10H2,(H2,23,24,27)/b15-11+. The van der Waals surface area contributed by atoms with Gasteiger partial charge in [-0.15, -0.1) is 0 Å². The van der Waals surface area contributed by atoms with Crippen molar-refractivity contribution in [2.75, 3.05) is 0 Å². The van der Waals surface area contributed by atoms with Crippen molar-refractivity contribution in [2.45, 2.75) is 31.7 Å². The number of carbonyl (C=O) groups excluding carboxylic acids is 1. The number of nitrogens with one attached hydrogen (secondary N) is 2. The molecular formula is C22H20N4O5. The summed E-state index contributed by atoms with van der Waals surface area (Å²) in [6.45, 7) is 0. The number of amides is 2. The number of rotatable bonds is 4. The molecule has 2 aromatic carbocycles. The van der Waals surface area contributed by atoms with Crippen molar-refractivity contribution in [3.05, 3.63) is 96.7 Å². The number of urea groups is 1. The number of nitro benzene ring substituents is 2. The van der Waals surface area contributed by atoms with E-state index in [4.69, 9.17) is 0 Å². The molecule has 2 N–H and O–H groups in total. The fourth-order valence-corrected chi connectivity index (χ4v) is 4.08. The van der Waals surface area contributed by atoms with Gasteiger partial charge in [0.2, 0.25) is 0 Å². The molecule has 4 rings (SSSR count). The third kappa shape index (κ3) is 4.30. The Kier molecular flexibility index (Phi) is 5.48. The number of hydrogen-bond acceptors (Lipinski definition) is 5. The average molecular weight is 420 g/mol. The van der Waals surface area contributed by atoms with Gasteiger partial charge in [-0.2, -0.15) is 0 Å². The minimum absolute atomic E-state index is 0.000919. The number of benzene rings is 2. The number of nitrogens with zero attached hydrogens (tertiary/aromatic N) is 2. The molecule has 0 spiro atoms. The minimum Gasteiger partial charge on any atom is -0.327 e. The van der Waals surface area contributed by atoms with Crippen LogP contribution in [0.3, 0.4) is 0 Å². The van der Waals surface area contributed by atoms with Gasteiger partial charge in [-0.05, 0) is 54.0 Å². The van der Waals surface area contributed by atoms with Crippen molar-refractivity contribution in [1.29, 1.82) is 0 Å². The van der Waals surface area contributed by atoms with E-state index < -0.39 is 15.9 Å². The zero-order valence-electron chi connectivity index (χ0n) is 16.5. The van der Waals surface area contributed by atoms with Gasteiger partial charge in [-0.3, -0.25) is 20.2 Å². The summed E-state index contributed by atoms with van der Waals surface area (Å²) in [6, 6.07) is 11.8. The third-order valence-electron chi connectivity index (χ3n) is 5.48. The second kappa shape index (κ2) is 8.39. The molecule has 1 aliphatic heterocycles. The van der Waals surface area contributed by atoms with E-state index in [9.17, 15) is 25.0 Å². The summed E-state index contributed by atoms with van der Waals surface area (Å²) < 4.78 is 0. The van der Waals surface area contributed by atoms with Crippen LogP contribution in [0.2, 0.25) is 0 Å². The molecule has 0 radical (unpaired) electrons. The third-order valence-corrected chi connectivity index (χ3v) is 5.48. The van der Waals surface area contributed by atoms with E-state index in [1.807, 2.05) is 6.08 Å². The molecule has 0 saturated carbocycles. The number of non-ortho nitro benzene ring substituents is 2. The molecule has 31 heavy (non-hydrogen) atoms. The number of nitro groups is 2. The molecule has 0 bridgehead atoms. The molecular weight excluding hydrogens is 400 g/mol. The maximum atomic E-state index is 12.5. The average Bonchev–Trinajstić information content (AvgIpc) is 2.95. The van der Waals surface area contributed by atoms with E-state index in [1.165, 1.54) is 24.3 Å². The van der Waals surface area contributed by atoms with Gasteiger partial charge < -0.3 is 10.6 Å². The summed E-state index contributed by atoms with van der Waals surface area (Å²) in [7, 11) is 0. The van der Waals surface area contributed by atoms with Crippen LogP contribution in [0.5, 0.6) is 0 Å². The Morgan fingerprint density at radius 1 is 0.935 bits per heavy atom. The molecule has 0 aromatic heterocycles. The lowest BCUT2D eigenvalue weighted by atomic mass is 9.90. The van der Waals surface area contributed by atoms with Crippen LogP contribution >= 0.6 is 0 Å². The summed E-state index contributed by atoms with van der Waals surface area (Å²) in [5.41, 5.74) is 3.83. The van der Waals surface area contributed by atoms with E-state index in [-0.39, 0.29) is 17.4 Å². The summed E-state index contributed by atoms with van der Waals surface area (Å²) in [5, 5.41) is 28.1. The normalized spacial score (nSPS) is 19.8. The highest BCUT2D eigenvalue weighted by Crippen LogP contribution is 2.38. The van der Waals surface area contributed by atoms with Gasteiger partial charge in [0.1, 0.15) is 0 Å². The Bertz CT molecular complexity index is 1140. The Labute approximate surface area is 177 Å². The molecule has 1 unspecified atom stereocenters. The first kappa shape index (κ1) is 20.3. The van der Waals surface area contributed by atoms with E-state index >= 15 is 0 Å². The van der Waals surface area contributed by atoms with Crippen molar-refractivity contribution >= 4 is 23.5 Å². The molecule has 2 aromatic rings. The van der Waals surface area contributed by atoms with Crippen LogP contribution in [0, 0.1) is 20.2 Å². The van der Waals surface area contributed by atoms with Crippen LogP contribution < -0.4 is 10.6 Å². The van der Waals surface area contributed by atoms with Gasteiger partial charge in [0.05, 0.1) is 15.9 Å². The van der Waals surface area contributed by atoms with Crippen LogP contribution in [0.25, 0.3) is 6.08 Å². The minimum atomic E-state index is -0.477. The van der Waals surface area contributed by atoms with Crippen LogP contribution in [0.4, 0.5) is 16.2 Å². The Morgan fingerprint density at radius 2 is 1.61 bits per heavy atom. The lowest BCUT2D eigenvalue weighted by Crippen LogP contribution is -2.44. The van der Waals surface area contributed by atoms with Crippen LogP contribution in [0.15, 0.2) is 65.4 Å². The highest BCUT2D eigenvalue weighted by Gasteiger charge is 2.31. The fourth-order valence-electron chi connectivity index (χ4n) is 4.08. The maximum Gasteiger partial charge on any atom is 0.319 e. The van der Waals surface area contributed by atoms with E-state index in [0.717, 1.165) is 30.4 Å². The smallest absolute Gasteiger partial charge is 0.319 e. The zero-order chi connectivity index (χ0) is 22.0. The first-order valence-corrected chi connectivity index (χ1v) is 9.92. The molecule has 158 valence electrons. The largest absolute Gasteiger partial charge is 0.327 e. The van der Waals surface area contributed by atoms with Crippen molar-refractivity contribution in [1.82, 2.24) is 10.6 Å². The van der Waals surface area contributed by atoms with Crippen molar-refractivity contribution in [2.24, 2.45) is 0 Å². The molecule has 9 nitrogen and oxygen atoms in total. The van der Waals surface area contributed by atoms with Gasteiger partial charge in [-0.25, -0.2) is 4.79 Å². The first-order valence-electron chi connectivity index (χ1n) is 9.92. The van der Waals surface area contributed by atoms with Crippen LogP contribution in [-0.4, -0.2) is 15.9 Å². The van der Waals surface area contributed by atoms with Gasteiger partial charge >= 0.3 is 6.03 Å². The van der Waals surface area contributed by atoms with Crippen molar-refractivity contribution in [3.63, 3.8) is 0 Å². The number of carbonyl (C=O) groups is 1. The van der Waals surface area contributed by atoms with Crippen LogP contribution in [0.1, 0.15) is 42.9 Å². The lowest BCUT2D eigenvalue weighted by Gasteiger charge is -2.30. The van der Waals surface area contributed by atoms with Crippen molar-refractivity contribution < 1.29 is 14.6 Å². The predicted octanol–water partition coefficient (Wildman–Crippen LogP) is 4.77. The Hall–Kier alpha value is -4.01. The summed E-state index contributed by atoms with van der Waals surface area (Å²) >= 11 is 0. The van der Waals surface area contributed by atoms with Crippen LogP contribution in [-0.2, 0) is 0 Å².